The predicted molar refractivity (Wildman–Crippen MR) is 114 cm³/mol. The topological polar surface area (TPSA) is 62.5 Å². The minimum absolute atomic E-state index is 0.204. The second kappa shape index (κ2) is 7.39. The molecule has 0 unspecified atom stereocenters. The normalized spacial score (nSPS) is 13.7. The van der Waals surface area contributed by atoms with E-state index >= 15 is 0 Å². The van der Waals surface area contributed by atoms with Gasteiger partial charge in [0, 0.05) is 24.8 Å². The van der Waals surface area contributed by atoms with Crippen LogP contribution < -0.4 is 10.2 Å². The molecule has 0 atom stereocenters. The Hall–Kier alpha value is -3.67. The van der Waals surface area contributed by atoms with Crippen LogP contribution in [0.3, 0.4) is 0 Å². The number of anilines is 2. The molecule has 3 heterocycles. The van der Waals surface area contributed by atoms with Crippen LogP contribution in [0.4, 0.5) is 11.4 Å². The van der Waals surface area contributed by atoms with Gasteiger partial charge in [-0.15, -0.1) is 0 Å². The predicted octanol–water partition coefficient (Wildman–Crippen LogP) is 4.25. The zero-order valence-corrected chi connectivity index (χ0v) is 16.0. The fourth-order valence-electron chi connectivity index (χ4n) is 3.88. The van der Waals surface area contributed by atoms with Gasteiger partial charge in [0.05, 0.1) is 23.3 Å². The maximum atomic E-state index is 13.1. The number of carbonyl (C=O) groups is 1. The molecule has 1 N–H and O–H groups in total. The maximum Gasteiger partial charge on any atom is 0.261 e. The van der Waals surface area contributed by atoms with Crippen molar-refractivity contribution in [3.05, 3.63) is 78.6 Å². The molecule has 6 heteroatoms. The second-order valence-corrected chi connectivity index (χ2v) is 7.16. The lowest BCUT2D eigenvalue weighted by Crippen LogP contribution is -2.21. The fourth-order valence-corrected chi connectivity index (χ4v) is 3.88. The Morgan fingerprint density at radius 3 is 2.52 bits per heavy atom. The molecule has 1 saturated heterocycles. The number of fused-ring (bicyclic) bond motifs is 1. The van der Waals surface area contributed by atoms with E-state index < -0.39 is 0 Å². The molecule has 0 spiro atoms. The fraction of sp³-hybridized carbons (Fsp3) is 0.174. The van der Waals surface area contributed by atoms with Crippen LogP contribution >= 0.6 is 0 Å². The Balaban J connectivity index is 1.49. The highest BCUT2D eigenvalue weighted by Crippen LogP contribution is 2.29. The van der Waals surface area contributed by atoms with Crippen LogP contribution in [0.1, 0.15) is 23.2 Å². The van der Waals surface area contributed by atoms with Gasteiger partial charge in [-0.05, 0) is 31.0 Å². The maximum absolute atomic E-state index is 13.1. The van der Waals surface area contributed by atoms with Crippen molar-refractivity contribution in [2.24, 2.45) is 0 Å². The summed E-state index contributed by atoms with van der Waals surface area (Å²) >= 11 is 0. The molecule has 0 aliphatic carbocycles. The molecule has 4 aromatic rings. The number of rotatable bonds is 4. The standard InChI is InChI=1S/C23H21N5O/c29-23(26-19-10-4-5-11-21(19)27-14-6-7-15-27)18-16-25-28-20(12-13-24-22(18)28)17-8-2-1-3-9-17/h1-5,8-13,16H,6-7,14-15H2,(H,26,29). The number of hydrogen-bond acceptors (Lipinski definition) is 4. The van der Waals surface area contributed by atoms with E-state index in [1.54, 1.807) is 16.9 Å². The number of para-hydroxylation sites is 2. The SMILES string of the molecule is O=C(Nc1ccccc1N1CCCC1)c1cnn2c(-c3ccccc3)ccnc12. The first-order valence-corrected chi connectivity index (χ1v) is 9.85. The second-order valence-electron chi connectivity index (χ2n) is 7.16. The van der Waals surface area contributed by atoms with Gasteiger partial charge < -0.3 is 10.2 Å². The summed E-state index contributed by atoms with van der Waals surface area (Å²) < 4.78 is 1.72. The number of amides is 1. The molecule has 2 aromatic heterocycles. The van der Waals surface area contributed by atoms with Crippen molar-refractivity contribution in [3.63, 3.8) is 0 Å². The van der Waals surface area contributed by atoms with Gasteiger partial charge in [0.15, 0.2) is 5.65 Å². The van der Waals surface area contributed by atoms with E-state index in [-0.39, 0.29) is 5.91 Å². The Bertz CT molecular complexity index is 1160. The minimum atomic E-state index is -0.204. The van der Waals surface area contributed by atoms with Crippen LogP contribution in [0.2, 0.25) is 0 Å². The number of benzene rings is 2. The van der Waals surface area contributed by atoms with Crippen LogP contribution in [0.15, 0.2) is 73.1 Å². The van der Waals surface area contributed by atoms with Crippen molar-refractivity contribution in [2.75, 3.05) is 23.3 Å². The molecule has 1 aliphatic heterocycles. The molecule has 1 amide bonds. The molecule has 29 heavy (non-hydrogen) atoms. The number of nitrogens with one attached hydrogen (secondary N) is 1. The quantitative estimate of drug-likeness (QED) is 0.572. The zero-order chi connectivity index (χ0) is 19.6. The Labute approximate surface area is 168 Å². The number of nitrogens with zero attached hydrogens (tertiary/aromatic N) is 4. The lowest BCUT2D eigenvalue weighted by Gasteiger charge is -2.21. The van der Waals surface area contributed by atoms with E-state index in [9.17, 15) is 4.79 Å². The molecule has 0 bridgehead atoms. The van der Waals surface area contributed by atoms with Crippen molar-refractivity contribution in [1.82, 2.24) is 14.6 Å². The van der Waals surface area contributed by atoms with Crippen molar-refractivity contribution in [3.8, 4) is 11.3 Å². The number of carbonyl (C=O) groups excluding carboxylic acids is 1. The van der Waals surface area contributed by atoms with Gasteiger partial charge in [-0.2, -0.15) is 5.10 Å². The first-order chi connectivity index (χ1) is 14.3. The summed E-state index contributed by atoms with van der Waals surface area (Å²) in [4.78, 5) is 19.8. The summed E-state index contributed by atoms with van der Waals surface area (Å²) in [5.74, 6) is -0.204. The largest absolute Gasteiger partial charge is 0.370 e. The highest BCUT2D eigenvalue weighted by molar-refractivity contribution is 6.09. The Morgan fingerprint density at radius 1 is 0.931 bits per heavy atom. The van der Waals surface area contributed by atoms with Crippen LogP contribution in [-0.2, 0) is 0 Å². The van der Waals surface area contributed by atoms with Gasteiger partial charge in [0.1, 0.15) is 5.56 Å². The molecule has 1 fully saturated rings. The van der Waals surface area contributed by atoms with E-state index in [0.29, 0.717) is 11.2 Å². The third-order valence-corrected chi connectivity index (χ3v) is 5.31. The Morgan fingerprint density at radius 2 is 1.69 bits per heavy atom. The van der Waals surface area contributed by atoms with Gasteiger partial charge in [-0.1, -0.05) is 42.5 Å². The molecule has 1 aliphatic rings. The summed E-state index contributed by atoms with van der Waals surface area (Å²) in [5.41, 5.74) is 4.80. The van der Waals surface area contributed by atoms with E-state index in [1.807, 2.05) is 54.6 Å². The van der Waals surface area contributed by atoms with Gasteiger partial charge in [-0.3, -0.25) is 4.79 Å². The highest BCUT2D eigenvalue weighted by Gasteiger charge is 2.20. The van der Waals surface area contributed by atoms with E-state index in [2.05, 4.69) is 26.4 Å². The highest BCUT2D eigenvalue weighted by atomic mass is 16.1. The van der Waals surface area contributed by atoms with Gasteiger partial charge in [-0.25, -0.2) is 9.50 Å². The number of hydrogen-bond donors (Lipinski definition) is 1. The van der Waals surface area contributed by atoms with Crippen LogP contribution in [0.25, 0.3) is 16.9 Å². The van der Waals surface area contributed by atoms with Gasteiger partial charge in [0.25, 0.3) is 5.91 Å². The summed E-state index contributed by atoms with van der Waals surface area (Å²) in [6.07, 6.45) is 5.67. The van der Waals surface area contributed by atoms with Crippen molar-refractivity contribution in [2.45, 2.75) is 12.8 Å². The zero-order valence-electron chi connectivity index (χ0n) is 16.0. The average molecular weight is 383 g/mol. The summed E-state index contributed by atoms with van der Waals surface area (Å²) in [6.45, 7) is 2.04. The third kappa shape index (κ3) is 3.23. The smallest absolute Gasteiger partial charge is 0.261 e. The molecule has 2 aromatic carbocycles. The van der Waals surface area contributed by atoms with Crippen molar-refractivity contribution < 1.29 is 4.79 Å². The first kappa shape index (κ1) is 17.4. The summed E-state index contributed by atoms with van der Waals surface area (Å²) in [6, 6.07) is 19.8. The molecule has 0 radical (unpaired) electrons. The average Bonchev–Trinajstić information content (AvgIpc) is 3.45. The van der Waals surface area contributed by atoms with E-state index in [1.165, 1.54) is 12.8 Å². The lowest BCUT2D eigenvalue weighted by atomic mass is 10.1. The summed E-state index contributed by atoms with van der Waals surface area (Å²) in [5, 5.41) is 7.51. The minimum Gasteiger partial charge on any atom is -0.370 e. The monoisotopic (exact) mass is 383 g/mol. The molecular formula is C23H21N5O. The molecule has 6 nitrogen and oxygen atoms in total. The van der Waals surface area contributed by atoms with E-state index in [0.717, 1.165) is 35.7 Å². The van der Waals surface area contributed by atoms with Crippen molar-refractivity contribution in [1.29, 1.82) is 0 Å². The van der Waals surface area contributed by atoms with Crippen LogP contribution in [0.5, 0.6) is 0 Å². The van der Waals surface area contributed by atoms with E-state index in [4.69, 9.17) is 0 Å². The number of aromatic nitrogens is 3. The molecular weight excluding hydrogens is 362 g/mol. The molecule has 5 rings (SSSR count). The van der Waals surface area contributed by atoms with Gasteiger partial charge in [0.2, 0.25) is 0 Å². The van der Waals surface area contributed by atoms with Gasteiger partial charge >= 0.3 is 0 Å². The third-order valence-electron chi connectivity index (χ3n) is 5.31. The summed E-state index contributed by atoms with van der Waals surface area (Å²) in [7, 11) is 0. The van der Waals surface area contributed by atoms with Crippen molar-refractivity contribution >= 4 is 22.9 Å². The molecule has 144 valence electrons. The Kier molecular flexibility index (Phi) is 4.44. The molecule has 0 saturated carbocycles. The van der Waals surface area contributed by atoms with Crippen LogP contribution in [0, 0.1) is 0 Å². The van der Waals surface area contributed by atoms with Crippen LogP contribution in [-0.4, -0.2) is 33.6 Å². The lowest BCUT2D eigenvalue weighted by molar-refractivity contribution is 0.102. The first-order valence-electron chi connectivity index (χ1n) is 9.85.